The van der Waals surface area contributed by atoms with Crippen molar-refractivity contribution in [1.29, 1.82) is 0 Å². The maximum absolute atomic E-state index is 12.9. The van der Waals surface area contributed by atoms with Gasteiger partial charge in [-0.15, -0.1) is 0 Å². The standard InChI is InChI=1S/C17H28FN3/c1-20-10-7-14(8-11-20)13-21(2)12-9-17(19)15-3-5-16(18)6-4-15/h3-6,14,17H,7-13,19H2,1-2H3. The largest absolute Gasteiger partial charge is 0.324 e. The molecule has 4 heteroatoms. The minimum atomic E-state index is -0.203. The second-order valence-electron chi connectivity index (χ2n) is 6.46. The average molecular weight is 293 g/mol. The molecule has 1 aliphatic heterocycles. The van der Waals surface area contributed by atoms with Crippen molar-refractivity contribution in [1.82, 2.24) is 9.80 Å². The first kappa shape index (κ1) is 16.4. The summed E-state index contributed by atoms with van der Waals surface area (Å²) in [6, 6.07) is 6.54. The van der Waals surface area contributed by atoms with Crippen LogP contribution in [0.15, 0.2) is 24.3 Å². The van der Waals surface area contributed by atoms with Gasteiger partial charge in [0, 0.05) is 12.6 Å². The van der Waals surface area contributed by atoms with E-state index in [0.717, 1.165) is 31.0 Å². The molecule has 1 aromatic carbocycles. The fourth-order valence-corrected chi connectivity index (χ4v) is 3.01. The van der Waals surface area contributed by atoms with Crippen LogP contribution in [0.4, 0.5) is 4.39 Å². The molecule has 1 atom stereocenters. The molecular formula is C17H28FN3. The van der Waals surface area contributed by atoms with E-state index in [9.17, 15) is 4.39 Å². The van der Waals surface area contributed by atoms with E-state index in [1.54, 1.807) is 12.1 Å². The van der Waals surface area contributed by atoms with Gasteiger partial charge in [-0.1, -0.05) is 12.1 Å². The third-order valence-electron chi connectivity index (χ3n) is 4.53. The van der Waals surface area contributed by atoms with Crippen molar-refractivity contribution >= 4 is 0 Å². The molecule has 0 spiro atoms. The Kier molecular flexibility index (Phi) is 6.15. The van der Waals surface area contributed by atoms with E-state index in [1.165, 1.54) is 38.1 Å². The molecule has 0 amide bonds. The number of hydrogen-bond acceptors (Lipinski definition) is 3. The zero-order valence-electron chi connectivity index (χ0n) is 13.3. The molecule has 2 N–H and O–H groups in total. The summed E-state index contributed by atoms with van der Waals surface area (Å²) in [5.74, 6) is 0.610. The van der Waals surface area contributed by atoms with Gasteiger partial charge in [0.25, 0.3) is 0 Å². The minimum Gasteiger partial charge on any atom is -0.324 e. The van der Waals surface area contributed by atoms with E-state index in [-0.39, 0.29) is 11.9 Å². The Labute approximate surface area is 127 Å². The Balaban J connectivity index is 1.70. The van der Waals surface area contributed by atoms with Crippen LogP contribution in [0.2, 0.25) is 0 Å². The Morgan fingerprint density at radius 1 is 1.29 bits per heavy atom. The van der Waals surface area contributed by atoms with E-state index >= 15 is 0 Å². The van der Waals surface area contributed by atoms with E-state index < -0.39 is 0 Å². The summed E-state index contributed by atoms with van der Waals surface area (Å²) in [5, 5.41) is 0. The van der Waals surface area contributed by atoms with Crippen LogP contribution in [-0.2, 0) is 0 Å². The van der Waals surface area contributed by atoms with E-state index in [4.69, 9.17) is 5.73 Å². The second-order valence-corrected chi connectivity index (χ2v) is 6.46. The number of piperidine rings is 1. The molecule has 21 heavy (non-hydrogen) atoms. The number of rotatable bonds is 6. The van der Waals surface area contributed by atoms with Crippen LogP contribution < -0.4 is 5.73 Å². The number of nitrogens with two attached hydrogens (primary N) is 1. The van der Waals surface area contributed by atoms with Gasteiger partial charge in [-0.25, -0.2) is 4.39 Å². The van der Waals surface area contributed by atoms with Gasteiger partial charge in [0.1, 0.15) is 5.82 Å². The third kappa shape index (κ3) is 5.38. The van der Waals surface area contributed by atoms with Crippen LogP contribution >= 0.6 is 0 Å². The molecule has 0 aliphatic carbocycles. The fraction of sp³-hybridized carbons (Fsp3) is 0.647. The Hall–Kier alpha value is -0.970. The van der Waals surface area contributed by atoms with Crippen LogP contribution in [0.3, 0.4) is 0 Å². The topological polar surface area (TPSA) is 32.5 Å². The smallest absolute Gasteiger partial charge is 0.123 e. The zero-order valence-corrected chi connectivity index (χ0v) is 13.3. The van der Waals surface area contributed by atoms with Gasteiger partial charge in [0.15, 0.2) is 0 Å². The van der Waals surface area contributed by atoms with Crippen molar-refractivity contribution in [2.24, 2.45) is 11.7 Å². The van der Waals surface area contributed by atoms with Gasteiger partial charge < -0.3 is 15.5 Å². The van der Waals surface area contributed by atoms with Gasteiger partial charge in [0.2, 0.25) is 0 Å². The van der Waals surface area contributed by atoms with Crippen LogP contribution in [0, 0.1) is 11.7 Å². The number of hydrogen-bond donors (Lipinski definition) is 1. The number of benzene rings is 1. The molecular weight excluding hydrogens is 265 g/mol. The highest BCUT2D eigenvalue weighted by Gasteiger charge is 2.18. The fourth-order valence-electron chi connectivity index (χ4n) is 3.01. The molecule has 0 aromatic heterocycles. The van der Waals surface area contributed by atoms with Crippen LogP contribution in [-0.4, -0.2) is 50.1 Å². The first-order valence-corrected chi connectivity index (χ1v) is 7.92. The Morgan fingerprint density at radius 2 is 1.90 bits per heavy atom. The van der Waals surface area contributed by atoms with Crippen LogP contribution in [0.5, 0.6) is 0 Å². The maximum atomic E-state index is 12.9. The lowest BCUT2D eigenvalue weighted by molar-refractivity contribution is 0.174. The summed E-state index contributed by atoms with van der Waals surface area (Å²) in [6.45, 7) is 4.58. The second kappa shape index (κ2) is 7.87. The maximum Gasteiger partial charge on any atom is 0.123 e. The molecule has 1 saturated heterocycles. The molecule has 0 radical (unpaired) electrons. The van der Waals surface area contributed by atoms with Crippen molar-refractivity contribution in [3.63, 3.8) is 0 Å². The zero-order chi connectivity index (χ0) is 15.2. The highest BCUT2D eigenvalue weighted by atomic mass is 19.1. The monoisotopic (exact) mass is 293 g/mol. The number of likely N-dealkylation sites (tertiary alicyclic amines) is 1. The van der Waals surface area contributed by atoms with E-state index in [0.29, 0.717) is 0 Å². The molecule has 1 unspecified atom stereocenters. The van der Waals surface area contributed by atoms with Gasteiger partial charge in [-0.3, -0.25) is 0 Å². The summed E-state index contributed by atoms with van der Waals surface area (Å²) in [4.78, 5) is 4.79. The van der Waals surface area contributed by atoms with E-state index in [1.807, 2.05) is 0 Å². The summed E-state index contributed by atoms with van der Waals surface area (Å²) in [6.07, 6.45) is 3.50. The van der Waals surface area contributed by atoms with Crippen molar-refractivity contribution in [2.75, 3.05) is 40.3 Å². The molecule has 1 heterocycles. The van der Waals surface area contributed by atoms with Gasteiger partial charge in [0.05, 0.1) is 0 Å². The predicted octanol–water partition coefficient (Wildman–Crippen LogP) is 2.49. The predicted molar refractivity (Wildman–Crippen MR) is 85.7 cm³/mol. The SMILES string of the molecule is CN1CCC(CN(C)CCC(N)c2ccc(F)cc2)CC1. The van der Waals surface area contributed by atoms with Crippen LogP contribution in [0.25, 0.3) is 0 Å². The van der Waals surface area contributed by atoms with Crippen molar-refractivity contribution in [3.8, 4) is 0 Å². The van der Waals surface area contributed by atoms with Crippen molar-refractivity contribution in [3.05, 3.63) is 35.6 Å². The molecule has 1 aliphatic rings. The summed E-state index contributed by atoms with van der Waals surface area (Å²) >= 11 is 0. The average Bonchev–Trinajstić information content (AvgIpc) is 2.48. The first-order valence-electron chi connectivity index (χ1n) is 7.92. The van der Waals surface area contributed by atoms with Crippen LogP contribution in [0.1, 0.15) is 30.9 Å². The van der Waals surface area contributed by atoms with Crippen molar-refractivity contribution in [2.45, 2.75) is 25.3 Å². The normalized spacial score (nSPS) is 19.1. The molecule has 3 nitrogen and oxygen atoms in total. The van der Waals surface area contributed by atoms with Gasteiger partial charge >= 0.3 is 0 Å². The van der Waals surface area contributed by atoms with Gasteiger partial charge in [-0.05, 0) is 76.6 Å². The highest BCUT2D eigenvalue weighted by molar-refractivity contribution is 5.19. The quantitative estimate of drug-likeness (QED) is 0.874. The Morgan fingerprint density at radius 3 is 2.52 bits per heavy atom. The van der Waals surface area contributed by atoms with Gasteiger partial charge in [-0.2, -0.15) is 0 Å². The third-order valence-corrected chi connectivity index (χ3v) is 4.53. The first-order chi connectivity index (χ1) is 10.0. The number of nitrogens with zero attached hydrogens (tertiary/aromatic N) is 2. The minimum absolute atomic E-state index is 0.00876. The van der Waals surface area contributed by atoms with Crippen molar-refractivity contribution < 1.29 is 4.39 Å². The lowest BCUT2D eigenvalue weighted by atomic mass is 9.96. The molecule has 118 valence electrons. The lowest BCUT2D eigenvalue weighted by Crippen LogP contribution is -2.36. The summed E-state index contributed by atoms with van der Waals surface area (Å²) < 4.78 is 12.9. The highest BCUT2D eigenvalue weighted by Crippen LogP contribution is 2.18. The molecule has 0 saturated carbocycles. The molecule has 1 fully saturated rings. The molecule has 0 bridgehead atoms. The summed E-state index contributed by atoms with van der Waals surface area (Å²) in [5.41, 5.74) is 7.21. The molecule has 2 rings (SSSR count). The summed E-state index contributed by atoms with van der Waals surface area (Å²) in [7, 11) is 4.37. The molecule has 1 aromatic rings. The number of halogens is 1. The lowest BCUT2D eigenvalue weighted by Gasteiger charge is -2.32. The Bertz CT molecular complexity index is 413. The van der Waals surface area contributed by atoms with E-state index in [2.05, 4.69) is 23.9 Å².